The normalized spacial score (nSPS) is 25.5. The van der Waals surface area contributed by atoms with Crippen molar-refractivity contribution in [3.05, 3.63) is 23.7 Å². The molecule has 0 aromatic carbocycles. The fourth-order valence-electron chi connectivity index (χ4n) is 2.57. The first-order chi connectivity index (χ1) is 8.81. The molecule has 0 unspecified atom stereocenters. The largest absolute Gasteiger partial charge is 0.465 e. The number of furan rings is 1. The van der Waals surface area contributed by atoms with Gasteiger partial charge in [-0.05, 0) is 31.9 Å². The highest BCUT2D eigenvalue weighted by atomic mass is 16.5. The van der Waals surface area contributed by atoms with Crippen LogP contribution in [0.15, 0.2) is 16.5 Å². The van der Waals surface area contributed by atoms with E-state index in [-0.39, 0.29) is 0 Å². The van der Waals surface area contributed by atoms with Gasteiger partial charge in [-0.3, -0.25) is 4.90 Å². The van der Waals surface area contributed by atoms with E-state index in [0.29, 0.717) is 6.10 Å². The Bertz CT molecular complexity index is 387. The van der Waals surface area contributed by atoms with Crippen molar-refractivity contribution in [2.75, 3.05) is 26.2 Å². The first-order valence-corrected chi connectivity index (χ1v) is 6.93. The average Bonchev–Trinajstić information content (AvgIpc) is 3.14. The molecule has 18 heavy (non-hydrogen) atoms. The summed E-state index contributed by atoms with van der Waals surface area (Å²) in [6.07, 6.45) is 3.09. The fourth-order valence-corrected chi connectivity index (χ4v) is 2.57. The molecule has 100 valence electrons. The predicted molar refractivity (Wildman–Crippen MR) is 69.5 cm³/mol. The molecule has 0 radical (unpaired) electrons. The highest BCUT2D eigenvalue weighted by Gasteiger charge is 2.32. The number of aryl methyl sites for hydroxylation is 1. The Labute approximate surface area is 108 Å². The van der Waals surface area contributed by atoms with Crippen molar-refractivity contribution in [1.29, 1.82) is 0 Å². The standard InChI is InChI=1S/C14H22N2O2/c1-11-2-5-13(18-11)8-15-9-14-10-16(6-7-17-14)12-3-4-12/h2,5,12,14-15H,3-4,6-10H2,1H3/t14-/m0/s1. The SMILES string of the molecule is Cc1ccc(CNC[C@H]2CN(C3CC3)CCO2)o1. The van der Waals surface area contributed by atoms with Crippen LogP contribution in [0.4, 0.5) is 0 Å². The summed E-state index contributed by atoms with van der Waals surface area (Å²) in [5.74, 6) is 1.97. The van der Waals surface area contributed by atoms with Gasteiger partial charge in [0, 0.05) is 25.7 Å². The molecule has 0 spiro atoms. The minimum absolute atomic E-state index is 0.329. The van der Waals surface area contributed by atoms with Crippen LogP contribution in [0.1, 0.15) is 24.4 Å². The van der Waals surface area contributed by atoms with Gasteiger partial charge in [0.2, 0.25) is 0 Å². The third kappa shape index (κ3) is 3.13. The molecule has 1 saturated carbocycles. The minimum atomic E-state index is 0.329. The summed E-state index contributed by atoms with van der Waals surface area (Å²) in [4.78, 5) is 2.58. The summed E-state index contributed by atoms with van der Waals surface area (Å²) < 4.78 is 11.3. The van der Waals surface area contributed by atoms with Crippen LogP contribution < -0.4 is 5.32 Å². The van der Waals surface area contributed by atoms with Crippen molar-refractivity contribution in [2.45, 2.75) is 38.5 Å². The summed E-state index contributed by atoms with van der Waals surface area (Å²) in [6.45, 7) is 6.73. The van der Waals surface area contributed by atoms with E-state index in [1.54, 1.807) is 0 Å². The number of nitrogens with zero attached hydrogens (tertiary/aromatic N) is 1. The van der Waals surface area contributed by atoms with Crippen LogP contribution in [0.3, 0.4) is 0 Å². The third-order valence-electron chi connectivity index (χ3n) is 3.70. The van der Waals surface area contributed by atoms with E-state index in [4.69, 9.17) is 9.15 Å². The van der Waals surface area contributed by atoms with Crippen molar-refractivity contribution >= 4 is 0 Å². The van der Waals surface area contributed by atoms with E-state index in [2.05, 4.69) is 10.2 Å². The maximum absolute atomic E-state index is 5.79. The first kappa shape index (κ1) is 12.2. The lowest BCUT2D eigenvalue weighted by Crippen LogP contribution is -2.47. The smallest absolute Gasteiger partial charge is 0.117 e. The molecule has 1 aliphatic carbocycles. The highest BCUT2D eigenvalue weighted by Crippen LogP contribution is 2.28. The molecule has 0 bridgehead atoms. The lowest BCUT2D eigenvalue weighted by Gasteiger charge is -2.33. The number of rotatable bonds is 5. The van der Waals surface area contributed by atoms with Gasteiger partial charge < -0.3 is 14.5 Å². The molecule has 2 heterocycles. The minimum Gasteiger partial charge on any atom is -0.465 e. The summed E-state index contributed by atoms with van der Waals surface area (Å²) in [5.41, 5.74) is 0. The van der Waals surface area contributed by atoms with Crippen LogP contribution in [0.5, 0.6) is 0 Å². The zero-order chi connectivity index (χ0) is 12.4. The van der Waals surface area contributed by atoms with Gasteiger partial charge >= 0.3 is 0 Å². The predicted octanol–water partition coefficient (Wildman–Crippen LogP) is 1.54. The maximum Gasteiger partial charge on any atom is 0.117 e. The van der Waals surface area contributed by atoms with Crippen LogP contribution in [-0.4, -0.2) is 43.3 Å². The second kappa shape index (κ2) is 5.43. The van der Waals surface area contributed by atoms with Gasteiger partial charge in [0.1, 0.15) is 11.5 Å². The lowest BCUT2D eigenvalue weighted by atomic mass is 10.2. The van der Waals surface area contributed by atoms with Crippen LogP contribution in [0.2, 0.25) is 0 Å². The lowest BCUT2D eigenvalue weighted by molar-refractivity contribution is -0.0302. The van der Waals surface area contributed by atoms with Crippen LogP contribution in [0, 0.1) is 6.92 Å². The van der Waals surface area contributed by atoms with E-state index in [1.165, 1.54) is 12.8 Å². The summed E-state index contributed by atoms with van der Waals surface area (Å²) in [5, 5.41) is 3.42. The molecule has 4 heteroatoms. The summed E-state index contributed by atoms with van der Waals surface area (Å²) in [7, 11) is 0. The Morgan fingerprint density at radius 3 is 3.00 bits per heavy atom. The van der Waals surface area contributed by atoms with E-state index in [9.17, 15) is 0 Å². The van der Waals surface area contributed by atoms with Gasteiger partial charge in [-0.25, -0.2) is 0 Å². The van der Waals surface area contributed by atoms with Gasteiger partial charge in [0.15, 0.2) is 0 Å². The number of ether oxygens (including phenoxy) is 1. The number of hydrogen-bond donors (Lipinski definition) is 1. The molecule has 1 atom stereocenters. The van der Waals surface area contributed by atoms with E-state index in [0.717, 1.165) is 50.3 Å². The summed E-state index contributed by atoms with van der Waals surface area (Å²) in [6, 6.07) is 4.88. The van der Waals surface area contributed by atoms with Crippen molar-refractivity contribution < 1.29 is 9.15 Å². The maximum atomic E-state index is 5.79. The Morgan fingerprint density at radius 1 is 1.39 bits per heavy atom. The van der Waals surface area contributed by atoms with Gasteiger partial charge in [0.05, 0.1) is 19.3 Å². The molecule has 2 aliphatic rings. The molecule has 1 aromatic heterocycles. The number of morpholine rings is 1. The molecule has 2 fully saturated rings. The second-order valence-electron chi connectivity index (χ2n) is 5.36. The number of hydrogen-bond acceptors (Lipinski definition) is 4. The van der Waals surface area contributed by atoms with Gasteiger partial charge in [0.25, 0.3) is 0 Å². The van der Waals surface area contributed by atoms with Crippen molar-refractivity contribution in [1.82, 2.24) is 10.2 Å². The monoisotopic (exact) mass is 250 g/mol. The van der Waals surface area contributed by atoms with E-state index >= 15 is 0 Å². The first-order valence-electron chi connectivity index (χ1n) is 6.93. The van der Waals surface area contributed by atoms with Crippen molar-refractivity contribution in [3.63, 3.8) is 0 Å². The molecular weight excluding hydrogens is 228 g/mol. The Hall–Kier alpha value is -0.840. The van der Waals surface area contributed by atoms with E-state index < -0.39 is 0 Å². The molecule has 0 amide bonds. The van der Waals surface area contributed by atoms with Crippen LogP contribution in [0.25, 0.3) is 0 Å². The summed E-state index contributed by atoms with van der Waals surface area (Å²) >= 11 is 0. The van der Waals surface area contributed by atoms with Crippen molar-refractivity contribution in [2.24, 2.45) is 0 Å². The second-order valence-corrected chi connectivity index (χ2v) is 5.36. The zero-order valence-electron chi connectivity index (χ0n) is 11.0. The molecule has 3 rings (SSSR count). The third-order valence-corrected chi connectivity index (χ3v) is 3.70. The highest BCUT2D eigenvalue weighted by molar-refractivity contribution is 5.05. The zero-order valence-corrected chi connectivity index (χ0v) is 11.0. The van der Waals surface area contributed by atoms with Gasteiger partial charge in [-0.15, -0.1) is 0 Å². The fraction of sp³-hybridized carbons (Fsp3) is 0.714. The van der Waals surface area contributed by atoms with Crippen LogP contribution >= 0.6 is 0 Å². The van der Waals surface area contributed by atoms with E-state index in [1.807, 2.05) is 19.1 Å². The molecular formula is C14H22N2O2. The van der Waals surface area contributed by atoms with Gasteiger partial charge in [-0.2, -0.15) is 0 Å². The molecule has 4 nitrogen and oxygen atoms in total. The molecule has 1 N–H and O–H groups in total. The van der Waals surface area contributed by atoms with Crippen LogP contribution in [-0.2, 0) is 11.3 Å². The van der Waals surface area contributed by atoms with Crippen molar-refractivity contribution in [3.8, 4) is 0 Å². The Morgan fingerprint density at radius 2 is 2.28 bits per heavy atom. The number of nitrogens with one attached hydrogen (secondary N) is 1. The average molecular weight is 250 g/mol. The Kier molecular flexibility index (Phi) is 3.68. The van der Waals surface area contributed by atoms with Gasteiger partial charge in [-0.1, -0.05) is 0 Å². The molecule has 1 aliphatic heterocycles. The topological polar surface area (TPSA) is 37.6 Å². The quantitative estimate of drug-likeness (QED) is 0.860. The Balaban J connectivity index is 1.39. The molecule has 1 saturated heterocycles. The molecule has 1 aromatic rings.